The maximum absolute atomic E-state index is 14.0. The monoisotopic (exact) mass is 241 g/mol. The van der Waals surface area contributed by atoms with Crippen molar-refractivity contribution < 1.29 is 4.39 Å². The van der Waals surface area contributed by atoms with Gasteiger partial charge in [0.2, 0.25) is 0 Å². The highest BCUT2D eigenvalue weighted by atomic mass is 35.5. The number of hydrogen-bond acceptors (Lipinski definition) is 1. The van der Waals surface area contributed by atoms with Crippen LogP contribution in [0.25, 0.3) is 0 Å². The van der Waals surface area contributed by atoms with Gasteiger partial charge in [0.1, 0.15) is 5.82 Å². The predicted octanol–water partition coefficient (Wildman–Crippen LogP) is 3.56. The molecule has 0 heterocycles. The summed E-state index contributed by atoms with van der Waals surface area (Å²) in [6, 6.07) is 3.23. The molecule has 1 aromatic rings. The minimum Gasteiger partial charge on any atom is -0.330 e. The predicted molar refractivity (Wildman–Crippen MR) is 65.3 cm³/mol. The van der Waals surface area contributed by atoms with E-state index in [9.17, 15) is 4.39 Å². The smallest absolute Gasteiger partial charge is 0.128 e. The molecule has 2 N–H and O–H groups in total. The molecule has 3 heteroatoms. The molecule has 16 heavy (non-hydrogen) atoms. The van der Waals surface area contributed by atoms with E-state index in [1.54, 1.807) is 6.07 Å². The summed E-state index contributed by atoms with van der Waals surface area (Å²) in [5, 5.41) is 0.562. The molecule has 1 aliphatic rings. The lowest BCUT2D eigenvalue weighted by Gasteiger charge is -2.29. The summed E-state index contributed by atoms with van der Waals surface area (Å²) in [6.07, 6.45) is 4.12. The number of rotatable bonds is 2. The Balaban J connectivity index is 2.57. The standard InChI is InChI=1S/C13H17ClFN/c1-9-4-5-10(15)11(12(9)14)13(8-16)6-2-3-7-13/h4-5H,2-3,6-8,16H2,1H3. The van der Waals surface area contributed by atoms with Crippen LogP contribution in [0.1, 0.15) is 36.8 Å². The third-order valence-electron chi connectivity index (χ3n) is 3.77. The first kappa shape index (κ1) is 11.9. The van der Waals surface area contributed by atoms with Gasteiger partial charge in [-0.05, 0) is 31.4 Å². The SMILES string of the molecule is Cc1ccc(F)c(C2(CN)CCCC2)c1Cl. The fraction of sp³-hybridized carbons (Fsp3) is 0.538. The van der Waals surface area contributed by atoms with Gasteiger partial charge in [0.05, 0.1) is 5.02 Å². The van der Waals surface area contributed by atoms with E-state index in [0.29, 0.717) is 17.1 Å². The topological polar surface area (TPSA) is 26.0 Å². The quantitative estimate of drug-likeness (QED) is 0.842. The van der Waals surface area contributed by atoms with Gasteiger partial charge in [-0.25, -0.2) is 4.39 Å². The van der Waals surface area contributed by atoms with Gasteiger partial charge in [-0.3, -0.25) is 0 Å². The van der Waals surface area contributed by atoms with Crippen molar-refractivity contribution >= 4 is 11.6 Å². The summed E-state index contributed by atoms with van der Waals surface area (Å²) in [6.45, 7) is 2.39. The lowest BCUT2D eigenvalue weighted by Crippen LogP contribution is -2.33. The number of nitrogens with two attached hydrogens (primary N) is 1. The highest BCUT2D eigenvalue weighted by Gasteiger charge is 2.38. The Hall–Kier alpha value is -0.600. The highest BCUT2D eigenvalue weighted by molar-refractivity contribution is 6.32. The second-order valence-corrected chi connectivity index (χ2v) is 5.12. The van der Waals surface area contributed by atoms with Crippen molar-refractivity contribution in [3.8, 4) is 0 Å². The minimum atomic E-state index is -0.229. The zero-order valence-corrected chi connectivity index (χ0v) is 10.3. The molecule has 88 valence electrons. The van der Waals surface area contributed by atoms with Crippen molar-refractivity contribution in [3.63, 3.8) is 0 Å². The Morgan fingerprint density at radius 1 is 1.38 bits per heavy atom. The summed E-state index contributed by atoms with van der Waals surface area (Å²) in [5.41, 5.74) is 7.21. The van der Waals surface area contributed by atoms with E-state index in [4.69, 9.17) is 17.3 Å². The van der Waals surface area contributed by atoms with Crippen LogP contribution >= 0.6 is 11.6 Å². The van der Waals surface area contributed by atoms with E-state index in [-0.39, 0.29) is 11.2 Å². The van der Waals surface area contributed by atoms with Crippen LogP contribution in [0.5, 0.6) is 0 Å². The molecule has 0 saturated heterocycles. The summed E-state index contributed by atoms with van der Waals surface area (Å²) in [7, 11) is 0. The number of hydrogen-bond donors (Lipinski definition) is 1. The zero-order chi connectivity index (χ0) is 11.8. The van der Waals surface area contributed by atoms with E-state index in [1.165, 1.54) is 6.07 Å². The Bertz CT molecular complexity index is 397. The Morgan fingerprint density at radius 2 is 2.00 bits per heavy atom. The molecule has 0 unspecified atom stereocenters. The van der Waals surface area contributed by atoms with Gasteiger partial charge < -0.3 is 5.73 Å². The first-order chi connectivity index (χ1) is 7.60. The third kappa shape index (κ3) is 1.74. The van der Waals surface area contributed by atoms with Crippen LogP contribution in [0.4, 0.5) is 4.39 Å². The maximum atomic E-state index is 14.0. The molecule has 0 bridgehead atoms. The average molecular weight is 242 g/mol. The molecule has 1 aliphatic carbocycles. The fourth-order valence-corrected chi connectivity index (χ4v) is 3.10. The van der Waals surface area contributed by atoms with Gasteiger partial charge in [0.25, 0.3) is 0 Å². The van der Waals surface area contributed by atoms with E-state index >= 15 is 0 Å². The van der Waals surface area contributed by atoms with Gasteiger partial charge in [0.15, 0.2) is 0 Å². The average Bonchev–Trinajstić information content (AvgIpc) is 2.74. The first-order valence-electron chi connectivity index (χ1n) is 5.76. The number of benzene rings is 1. The minimum absolute atomic E-state index is 0.206. The normalized spacial score (nSPS) is 19.0. The van der Waals surface area contributed by atoms with Gasteiger partial charge in [-0.15, -0.1) is 0 Å². The summed E-state index contributed by atoms with van der Waals surface area (Å²) >= 11 is 6.25. The molecule has 0 radical (unpaired) electrons. The van der Waals surface area contributed by atoms with E-state index in [1.807, 2.05) is 6.92 Å². The second kappa shape index (κ2) is 4.34. The Kier molecular flexibility index (Phi) is 3.22. The van der Waals surface area contributed by atoms with Crippen molar-refractivity contribution in [2.75, 3.05) is 6.54 Å². The van der Waals surface area contributed by atoms with Crippen LogP contribution in [0.2, 0.25) is 5.02 Å². The molecule has 1 nitrogen and oxygen atoms in total. The zero-order valence-electron chi connectivity index (χ0n) is 9.52. The van der Waals surface area contributed by atoms with Crippen LogP contribution in [0.15, 0.2) is 12.1 Å². The van der Waals surface area contributed by atoms with Gasteiger partial charge >= 0.3 is 0 Å². The van der Waals surface area contributed by atoms with Gasteiger partial charge in [-0.2, -0.15) is 0 Å². The van der Waals surface area contributed by atoms with Crippen molar-refractivity contribution in [1.29, 1.82) is 0 Å². The van der Waals surface area contributed by atoms with Crippen LogP contribution in [-0.4, -0.2) is 6.54 Å². The molecular formula is C13H17ClFN. The molecule has 0 spiro atoms. The molecule has 0 amide bonds. The van der Waals surface area contributed by atoms with Crippen molar-refractivity contribution in [3.05, 3.63) is 34.1 Å². The van der Waals surface area contributed by atoms with Crippen molar-refractivity contribution in [2.24, 2.45) is 5.73 Å². The lowest BCUT2D eigenvalue weighted by atomic mass is 9.78. The van der Waals surface area contributed by atoms with Crippen LogP contribution in [-0.2, 0) is 5.41 Å². The molecule has 1 aromatic carbocycles. The molecular weight excluding hydrogens is 225 g/mol. The van der Waals surface area contributed by atoms with Crippen molar-refractivity contribution in [2.45, 2.75) is 38.0 Å². The van der Waals surface area contributed by atoms with E-state index in [0.717, 1.165) is 31.2 Å². The fourth-order valence-electron chi connectivity index (χ4n) is 2.75. The Labute approximate surface area is 101 Å². The molecule has 1 saturated carbocycles. The molecule has 0 aromatic heterocycles. The maximum Gasteiger partial charge on any atom is 0.128 e. The molecule has 0 atom stereocenters. The third-order valence-corrected chi connectivity index (χ3v) is 4.25. The highest BCUT2D eigenvalue weighted by Crippen LogP contribution is 2.44. The molecule has 2 rings (SSSR count). The molecule has 0 aliphatic heterocycles. The van der Waals surface area contributed by atoms with Crippen LogP contribution in [0.3, 0.4) is 0 Å². The van der Waals surface area contributed by atoms with Gasteiger partial charge in [0, 0.05) is 17.5 Å². The lowest BCUT2D eigenvalue weighted by molar-refractivity contribution is 0.427. The largest absolute Gasteiger partial charge is 0.330 e. The summed E-state index contributed by atoms with van der Waals surface area (Å²) in [5.74, 6) is -0.206. The number of halogens is 2. The van der Waals surface area contributed by atoms with Crippen LogP contribution in [0, 0.1) is 12.7 Å². The number of aryl methyl sites for hydroxylation is 1. The van der Waals surface area contributed by atoms with Gasteiger partial charge in [-0.1, -0.05) is 30.5 Å². The van der Waals surface area contributed by atoms with Crippen LogP contribution < -0.4 is 5.73 Å². The second-order valence-electron chi connectivity index (χ2n) is 4.74. The van der Waals surface area contributed by atoms with Crippen molar-refractivity contribution in [1.82, 2.24) is 0 Å². The van der Waals surface area contributed by atoms with E-state index < -0.39 is 0 Å². The Morgan fingerprint density at radius 3 is 2.56 bits per heavy atom. The first-order valence-corrected chi connectivity index (χ1v) is 6.14. The van der Waals surface area contributed by atoms with E-state index in [2.05, 4.69) is 0 Å². The summed E-state index contributed by atoms with van der Waals surface area (Å²) < 4.78 is 14.0. The molecule has 1 fully saturated rings. The summed E-state index contributed by atoms with van der Waals surface area (Å²) in [4.78, 5) is 0.